The summed E-state index contributed by atoms with van der Waals surface area (Å²) in [6, 6.07) is 13.6. The normalized spacial score (nSPS) is 16.9. The number of fused-ring (bicyclic) bond motifs is 1. The van der Waals surface area contributed by atoms with Gasteiger partial charge in [0.25, 0.3) is 17.7 Å². The molecule has 1 amide bonds. The van der Waals surface area contributed by atoms with Crippen LogP contribution in [0.4, 0.5) is 22.0 Å². The van der Waals surface area contributed by atoms with Gasteiger partial charge in [-0.1, -0.05) is 36.4 Å². The fourth-order valence-electron chi connectivity index (χ4n) is 4.21. The number of halogens is 5. The molecule has 13 heteroatoms. The second-order valence-electron chi connectivity index (χ2n) is 8.88. The summed E-state index contributed by atoms with van der Waals surface area (Å²) in [5, 5.41) is 0.285. The third kappa shape index (κ3) is 5.53. The molecule has 0 bridgehead atoms. The molecule has 206 valence electrons. The highest BCUT2D eigenvalue weighted by atomic mass is 19.4. The Bertz CT molecular complexity index is 1570. The van der Waals surface area contributed by atoms with Gasteiger partial charge in [0.15, 0.2) is 11.9 Å². The van der Waals surface area contributed by atoms with Crippen LogP contribution in [0.25, 0.3) is 22.2 Å². The van der Waals surface area contributed by atoms with Gasteiger partial charge in [0, 0.05) is 41.9 Å². The topological polar surface area (TPSA) is 94.5 Å². The van der Waals surface area contributed by atoms with Crippen LogP contribution >= 0.6 is 0 Å². The van der Waals surface area contributed by atoms with E-state index >= 15 is 8.78 Å². The molecule has 1 fully saturated rings. The summed E-state index contributed by atoms with van der Waals surface area (Å²) < 4.78 is 78.7. The molecule has 0 spiro atoms. The number of carbonyl (C=O) groups is 2. The Morgan fingerprint density at radius 3 is 2.52 bits per heavy atom. The Hall–Kier alpha value is -4.68. The number of nitrogens with zero attached hydrogens (tertiary/aromatic N) is 4. The first kappa shape index (κ1) is 26.9. The zero-order valence-corrected chi connectivity index (χ0v) is 20.4. The Labute approximate surface area is 223 Å². The number of alkyl halides is 5. The van der Waals surface area contributed by atoms with Gasteiger partial charge in [-0.3, -0.25) is 14.8 Å². The van der Waals surface area contributed by atoms with Crippen molar-refractivity contribution >= 4 is 22.8 Å². The van der Waals surface area contributed by atoms with Crippen LogP contribution in [0.3, 0.4) is 0 Å². The number of carbonyl (C=O) groups excluding carboxylic acids is 2. The fraction of sp³-hybridized carbons (Fsp3) is 0.222. The number of pyridine rings is 1. The van der Waals surface area contributed by atoms with E-state index in [1.165, 1.54) is 36.8 Å². The maximum Gasteiger partial charge on any atom is 0.491 e. The van der Waals surface area contributed by atoms with E-state index in [1.807, 2.05) is 0 Å². The van der Waals surface area contributed by atoms with E-state index in [-0.39, 0.29) is 23.0 Å². The lowest BCUT2D eigenvalue weighted by Crippen LogP contribution is -2.55. The maximum atomic E-state index is 15.0. The number of ether oxygens (including phenoxy) is 2. The number of hydrogen-bond donors (Lipinski definition) is 0. The summed E-state index contributed by atoms with van der Waals surface area (Å²) in [6.07, 6.45) is -3.78. The van der Waals surface area contributed by atoms with Crippen LogP contribution in [-0.4, -0.2) is 63.0 Å². The highest BCUT2D eigenvalue weighted by molar-refractivity contribution is 6.00. The van der Waals surface area contributed by atoms with Gasteiger partial charge in [-0.25, -0.2) is 18.6 Å². The standard InChI is InChI=1S/C27H19F5N4O4/c28-26(29)9-12-36(24(37)18-7-3-2-6-17(18)20-14-33-10-11-34-20)15-22(26)40-23-21(39-25(38)27(30,31)32)13-16-5-1-4-8-19(16)35-23/h1-8,10-11,13-14,22H,9,12,15H2. The van der Waals surface area contributed by atoms with E-state index < -0.39 is 54.7 Å². The van der Waals surface area contributed by atoms with Crippen molar-refractivity contribution in [3.63, 3.8) is 0 Å². The van der Waals surface area contributed by atoms with E-state index in [0.29, 0.717) is 11.3 Å². The lowest BCUT2D eigenvalue weighted by atomic mass is 9.99. The number of hydrogen-bond acceptors (Lipinski definition) is 7. The number of benzene rings is 2. The molecule has 2 aromatic heterocycles. The Balaban J connectivity index is 1.45. The van der Waals surface area contributed by atoms with Gasteiger partial charge < -0.3 is 14.4 Å². The van der Waals surface area contributed by atoms with Crippen LogP contribution in [0.5, 0.6) is 11.6 Å². The molecule has 1 aliphatic heterocycles. The minimum atomic E-state index is -5.35. The SMILES string of the molecule is O=C(c1ccccc1-c1cnccn1)N1CCC(F)(F)C(Oc2nc3ccccc3cc2OC(=O)C(F)(F)F)C1. The molecule has 40 heavy (non-hydrogen) atoms. The molecule has 3 heterocycles. The molecule has 2 aromatic carbocycles. The van der Waals surface area contributed by atoms with Crippen molar-refractivity contribution in [2.75, 3.05) is 13.1 Å². The van der Waals surface area contributed by atoms with Crippen LogP contribution in [0.15, 0.2) is 73.2 Å². The highest BCUT2D eigenvalue weighted by Gasteiger charge is 2.48. The average molecular weight is 558 g/mol. The van der Waals surface area contributed by atoms with Gasteiger partial charge in [-0.2, -0.15) is 13.2 Å². The molecule has 0 saturated carbocycles. The second kappa shape index (κ2) is 10.5. The lowest BCUT2D eigenvalue weighted by Gasteiger charge is -2.38. The predicted octanol–water partition coefficient (Wildman–Crippen LogP) is 5.09. The zero-order chi connectivity index (χ0) is 28.5. The van der Waals surface area contributed by atoms with Crippen molar-refractivity contribution < 1.29 is 41.0 Å². The minimum Gasteiger partial charge on any atom is -0.463 e. The molecule has 8 nitrogen and oxygen atoms in total. The smallest absolute Gasteiger partial charge is 0.463 e. The molecule has 4 aromatic rings. The van der Waals surface area contributed by atoms with Crippen LogP contribution < -0.4 is 9.47 Å². The Morgan fingerprint density at radius 1 is 1.02 bits per heavy atom. The predicted molar refractivity (Wildman–Crippen MR) is 131 cm³/mol. The summed E-state index contributed by atoms with van der Waals surface area (Å²) in [4.78, 5) is 38.4. The minimum absolute atomic E-state index is 0.190. The molecule has 1 atom stereocenters. The monoisotopic (exact) mass is 558 g/mol. The van der Waals surface area contributed by atoms with Crippen molar-refractivity contribution in [2.45, 2.75) is 24.6 Å². The molecule has 1 aliphatic rings. The van der Waals surface area contributed by atoms with Gasteiger partial charge >= 0.3 is 12.1 Å². The summed E-state index contributed by atoms with van der Waals surface area (Å²) in [6.45, 7) is -0.941. The van der Waals surface area contributed by atoms with Gasteiger partial charge in [-0.15, -0.1) is 0 Å². The number of amides is 1. The van der Waals surface area contributed by atoms with E-state index in [9.17, 15) is 22.8 Å². The van der Waals surface area contributed by atoms with Crippen LogP contribution in [0.2, 0.25) is 0 Å². The van der Waals surface area contributed by atoms with Gasteiger partial charge in [0.2, 0.25) is 0 Å². The average Bonchev–Trinajstić information content (AvgIpc) is 2.94. The van der Waals surface area contributed by atoms with E-state index in [1.54, 1.807) is 30.3 Å². The first-order valence-corrected chi connectivity index (χ1v) is 11.9. The van der Waals surface area contributed by atoms with E-state index in [4.69, 9.17) is 4.74 Å². The van der Waals surface area contributed by atoms with Crippen LogP contribution in [0, 0.1) is 0 Å². The Morgan fingerprint density at radius 2 is 1.77 bits per heavy atom. The summed E-state index contributed by atoms with van der Waals surface area (Å²) >= 11 is 0. The van der Waals surface area contributed by atoms with Gasteiger partial charge in [0.1, 0.15) is 0 Å². The van der Waals surface area contributed by atoms with Crippen molar-refractivity contribution in [2.24, 2.45) is 0 Å². The molecule has 1 unspecified atom stereocenters. The molecule has 0 aliphatic carbocycles. The lowest BCUT2D eigenvalue weighted by molar-refractivity contribution is -0.190. The molecule has 5 rings (SSSR count). The maximum absolute atomic E-state index is 15.0. The van der Waals surface area contributed by atoms with Crippen molar-refractivity contribution in [3.8, 4) is 22.9 Å². The van der Waals surface area contributed by atoms with Crippen molar-refractivity contribution in [1.29, 1.82) is 0 Å². The van der Waals surface area contributed by atoms with Crippen LogP contribution in [0.1, 0.15) is 16.8 Å². The molecular formula is C27H19F5N4O4. The summed E-state index contributed by atoms with van der Waals surface area (Å²) in [5.74, 6) is -8.16. The van der Waals surface area contributed by atoms with Crippen LogP contribution in [-0.2, 0) is 4.79 Å². The first-order valence-electron chi connectivity index (χ1n) is 11.9. The van der Waals surface area contributed by atoms with Gasteiger partial charge in [-0.05, 0) is 18.2 Å². The van der Waals surface area contributed by atoms with Gasteiger partial charge in [0.05, 0.1) is 24.0 Å². The summed E-state index contributed by atoms with van der Waals surface area (Å²) in [5.41, 5.74) is 1.23. The Kier molecular flexibility index (Phi) is 7.04. The molecule has 0 N–H and O–H groups in total. The summed E-state index contributed by atoms with van der Waals surface area (Å²) in [7, 11) is 0. The molecular weight excluding hydrogens is 539 g/mol. The van der Waals surface area contributed by atoms with E-state index in [0.717, 1.165) is 11.0 Å². The number of rotatable bonds is 5. The first-order chi connectivity index (χ1) is 19.0. The molecule has 1 saturated heterocycles. The largest absolute Gasteiger partial charge is 0.491 e. The number of para-hydroxylation sites is 1. The third-order valence-electron chi connectivity index (χ3n) is 6.20. The van der Waals surface area contributed by atoms with Crippen molar-refractivity contribution in [1.82, 2.24) is 19.9 Å². The fourth-order valence-corrected chi connectivity index (χ4v) is 4.21. The second-order valence-corrected chi connectivity index (χ2v) is 8.88. The van der Waals surface area contributed by atoms with E-state index in [2.05, 4.69) is 19.7 Å². The zero-order valence-electron chi connectivity index (χ0n) is 20.4. The number of esters is 1. The number of aromatic nitrogens is 3. The number of likely N-dealkylation sites (tertiary alicyclic amines) is 1. The molecule has 0 radical (unpaired) electrons. The number of piperidine rings is 1. The highest BCUT2D eigenvalue weighted by Crippen LogP contribution is 2.37. The third-order valence-corrected chi connectivity index (χ3v) is 6.20. The van der Waals surface area contributed by atoms with Crippen molar-refractivity contribution in [3.05, 3.63) is 78.8 Å². The quantitative estimate of drug-likeness (QED) is 0.249.